The lowest BCUT2D eigenvalue weighted by atomic mass is 9.94. The number of likely N-dealkylation sites (tertiary alicyclic amines) is 1. The van der Waals surface area contributed by atoms with Crippen LogP contribution in [0.5, 0.6) is 0 Å². The summed E-state index contributed by atoms with van der Waals surface area (Å²) in [5, 5.41) is 2.92. The van der Waals surface area contributed by atoms with Gasteiger partial charge in [-0.05, 0) is 30.7 Å². The second-order valence-electron chi connectivity index (χ2n) is 5.67. The second kappa shape index (κ2) is 6.64. The van der Waals surface area contributed by atoms with Crippen LogP contribution in [0.15, 0.2) is 42.9 Å². The molecule has 2 amide bonds. The predicted molar refractivity (Wildman–Crippen MR) is 85.6 cm³/mol. The lowest BCUT2D eigenvalue weighted by Gasteiger charge is -2.27. The van der Waals surface area contributed by atoms with E-state index in [0.29, 0.717) is 25.2 Å². The van der Waals surface area contributed by atoms with Crippen LogP contribution < -0.4 is 5.32 Å². The molecule has 1 aliphatic heterocycles. The zero-order valence-corrected chi connectivity index (χ0v) is 13.0. The van der Waals surface area contributed by atoms with Crippen molar-refractivity contribution in [2.45, 2.75) is 19.4 Å². The van der Waals surface area contributed by atoms with Gasteiger partial charge in [-0.15, -0.1) is 0 Å². The molecule has 2 N–H and O–H groups in total. The first-order valence-corrected chi connectivity index (χ1v) is 7.81. The smallest absolute Gasteiger partial charge is 0.267 e. The fraction of sp³-hybridized carbons (Fsp3) is 0.353. The molecule has 0 spiro atoms. The van der Waals surface area contributed by atoms with Gasteiger partial charge in [-0.2, -0.15) is 0 Å². The quantitative estimate of drug-likeness (QED) is 0.883. The molecule has 3 rings (SSSR count). The Kier molecular flexibility index (Phi) is 4.41. The average molecular weight is 312 g/mol. The van der Waals surface area contributed by atoms with E-state index in [9.17, 15) is 9.59 Å². The van der Waals surface area contributed by atoms with E-state index in [-0.39, 0.29) is 23.8 Å². The Balaban J connectivity index is 1.74. The molecule has 1 fully saturated rings. The Bertz CT molecular complexity index is 669. The summed E-state index contributed by atoms with van der Waals surface area (Å²) in [6.07, 6.45) is 5.67. The van der Waals surface area contributed by atoms with Crippen LogP contribution in [0.25, 0.3) is 0 Å². The average Bonchev–Trinajstić information content (AvgIpc) is 3.21. The van der Waals surface area contributed by atoms with Crippen LogP contribution in [-0.4, -0.2) is 39.8 Å². The molecular formula is C17H20N4O2. The van der Waals surface area contributed by atoms with Crippen molar-refractivity contribution in [3.05, 3.63) is 54.1 Å². The van der Waals surface area contributed by atoms with Gasteiger partial charge in [0.1, 0.15) is 5.69 Å². The highest BCUT2D eigenvalue weighted by Crippen LogP contribution is 2.37. The highest BCUT2D eigenvalue weighted by Gasteiger charge is 2.39. The van der Waals surface area contributed by atoms with E-state index in [4.69, 9.17) is 0 Å². The van der Waals surface area contributed by atoms with Crippen molar-refractivity contribution >= 4 is 11.8 Å². The SMILES string of the molecule is CCN1C(=O)C[C@@H](CNC(=O)c2ccc[nH]2)[C@@H]1c1cccnc1. The van der Waals surface area contributed by atoms with Gasteiger partial charge >= 0.3 is 0 Å². The van der Waals surface area contributed by atoms with Gasteiger partial charge in [0.2, 0.25) is 5.91 Å². The molecule has 2 aromatic heterocycles. The first kappa shape index (κ1) is 15.3. The van der Waals surface area contributed by atoms with Crippen molar-refractivity contribution in [2.75, 3.05) is 13.1 Å². The summed E-state index contributed by atoms with van der Waals surface area (Å²) < 4.78 is 0. The molecule has 1 aliphatic rings. The molecule has 23 heavy (non-hydrogen) atoms. The summed E-state index contributed by atoms with van der Waals surface area (Å²) in [6, 6.07) is 7.33. The molecule has 1 saturated heterocycles. The number of hydrogen-bond donors (Lipinski definition) is 2. The number of aromatic amines is 1. The monoisotopic (exact) mass is 312 g/mol. The normalized spacial score (nSPS) is 20.7. The Hall–Kier alpha value is -2.63. The number of carbonyl (C=O) groups excluding carboxylic acids is 2. The Labute approximate surface area is 134 Å². The summed E-state index contributed by atoms with van der Waals surface area (Å²) in [5.74, 6) is 0.0216. The largest absolute Gasteiger partial charge is 0.357 e. The molecule has 2 aromatic rings. The van der Waals surface area contributed by atoms with Crippen molar-refractivity contribution in [3.63, 3.8) is 0 Å². The number of rotatable bonds is 5. The standard InChI is InChI=1S/C17H20N4O2/c1-2-21-15(22)9-13(16(21)12-5-3-7-18-10-12)11-20-17(23)14-6-4-8-19-14/h3-8,10,13,16,19H,2,9,11H2,1H3,(H,20,23)/t13-,16-/m0/s1. The minimum absolute atomic E-state index is 0.0369. The molecule has 120 valence electrons. The van der Waals surface area contributed by atoms with Crippen molar-refractivity contribution < 1.29 is 9.59 Å². The lowest BCUT2D eigenvalue weighted by molar-refractivity contribution is -0.128. The van der Waals surface area contributed by atoms with Crippen molar-refractivity contribution in [3.8, 4) is 0 Å². The number of hydrogen-bond acceptors (Lipinski definition) is 3. The van der Waals surface area contributed by atoms with E-state index in [1.165, 1.54) is 0 Å². The third-order valence-corrected chi connectivity index (χ3v) is 4.27. The van der Waals surface area contributed by atoms with Gasteiger partial charge in [-0.3, -0.25) is 14.6 Å². The van der Waals surface area contributed by atoms with Crippen LogP contribution in [0.3, 0.4) is 0 Å². The molecule has 0 aromatic carbocycles. The molecule has 2 atom stereocenters. The number of nitrogens with zero attached hydrogens (tertiary/aromatic N) is 2. The van der Waals surface area contributed by atoms with Gasteiger partial charge in [0.15, 0.2) is 0 Å². The number of nitrogens with one attached hydrogen (secondary N) is 2. The number of pyridine rings is 1. The molecular weight excluding hydrogens is 292 g/mol. The first-order chi connectivity index (χ1) is 11.2. The van der Waals surface area contributed by atoms with Crippen molar-refractivity contribution in [1.82, 2.24) is 20.2 Å². The molecule has 0 aliphatic carbocycles. The third kappa shape index (κ3) is 3.11. The summed E-state index contributed by atoms with van der Waals surface area (Å²) in [5.41, 5.74) is 1.54. The fourth-order valence-electron chi connectivity index (χ4n) is 3.21. The zero-order valence-electron chi connectivity index (χ0n) is 13.0. The zero-order chi connectivity index (χ0) is 16.2. The summed E-state index contributed by atoms with van der Waals surface area (Å²) in [7, 11) is 0. The number of H-pyrrole nitrogens is 1. The maximum Gasteiger partial charge on any atom is 0.267 e. The van der Waals surface area contributed by atoms with Gasteiger partial charge in [0.25, 0.3) is 5.91 Å². The van der Waals surface area contributed by atoms with Crippen LogP contribution >= 0.6 is 0 Å². The summed E-state index contributed by atoms with van der Waals surface area (Å²) >= 11 is 0. The van der Waals surface area contributed by atoms with Crippen LogP contribution in [0.2, 0.25) is 0 Å². The number of carbonyl (C=O) groups is 2. The number of aromatic nitrogens is 2. The van der Waals surface area contributed by atoms with E-state index >= 15 is 0 Å². The predicted octanol–water partition coefficient (Wildman–Crippen LogP) is 1.75. The topological polar surface area (TPSA) is 78.1 Å². The molecule has 0 radical (unpaired) electrons. The van der Waals surface area contributed by atoms with Gasteiger partial charge in [0, 0.05) is 44.0 Å². The summed E-state index contributed by atoms with van der Waals surface area (Å²) in [6.45, 7) is 3.08. The van der Waals surface area contributed by atoms with E-state index in [1.54, 1.807) is 30.7 Å². The molecule has 0 unspecified atom stereocenters. The van der Waals surface area contributed by atoms with Gasteiger partial charge in [-0.25, -0.2) is 0 Å². The minimum Gasteiger partial charge on any atom is -0.357 e. The Morgan fingerprint density at radius 1 is 1.43 bits per heavy atom. The summed E-state index contributed by atoms with van der Waals surface area (Å²) in [4.78, 5) is 33.3. The Morgan fingerprint density at radius 2 is 2.30 bits per heavy atom. The van der Waals surface area contributed by atoms with E-state index < -0.39 is 0 Å². The maximum atomic E-state index is 12.3. The third-order valence-electron chi connectivity index (χ3n) is 4.27. The van der Waals surface area contributed by atoms with Gasteiger partial charge in [0.05, 0.1) is 6.04 Å². The van der Waals surface area contributed by atoms with E-state index in [2.05, 4.69) is 15.3 Å². The minimum atomic E-state index is -0.151. The highest BCUT2D eigenvalue weighted by molar-refractivity contribution is 5.92. The first-order valence-electron chi connectivity index (χ1n) is 7.81. The fourth-order valence-corrected chi connectivity index (χ4v) is 3.21. The highest BCUT2D eigenvalue weighted by atomic mass is 16.2. The molecule has 0 bridgehead atoms. The van der Waals surface area contributed by atoms with Crippen molar-refractivity contribution in [1.29, 1.82) is 0 Å². The molecule has 0 saturated carbocycles. The molecule has 3 heterocycles. The lowest BCUT2D eigenvalue weighted by Crippen LogP contribution is -2.34. The van der Waals surface area contributed by atoms with Crippen LogP contribution in [0.1, 0.15) is 35.4 Å². The maximum absolute atomic E-state index is 12.3. The van der Waals surface area contributed by atoms with E-state index in [0.717, 1.165) is 5.56 Å². The van der Waals surface area contributed by atoms with Gasteiger partial charge in [-0.1, -0.05) is 6.07 Å². The van der Waals surface area contributed by atoms with E-state index in [1.807, 2.05) is 24.0 Å². The van der Waals surface area contributed by atoms with Crippen LogP contribution in [0.4, 0.5) is 0 Å². The Morgan fingerprint density at radius 3 is 2.96 bits per heavy atom. The van der Waals surface area contributed by atoms with Crippen molar-refractivity contribution in [2.24, 2.45) is 5.92 Å². The molecule has 6 heteroatoms. The van der Waals surface area contributed by atoms with Gasteiger partial charge < -0.3 is 15.2 Å². The van der Waals surface area contributed by atoms with Crippen LogP contribution in [-0.2, 0) is 4.79 Å². The molecule has 6 nitrogen and oxygen atoms in total. The second-order valence-corrected chi connectivity index (χ2v) is 5.67. The number of amides is 2. The van der Waals surface area contributed by atoms with Crippen LogP contribution in [0, 0.1) is 5.92 Å².